The van der Waals surface area contributed by atoms with Gasteiger partial charge in [-0.1, -0.05) is 12.1 Å². The molecule has 0 saturated carbocycles. The minimum atomic E-state index is -0.0656. The summed E-state index contributed by atoms with van der Waals surface area (Å²) >= 11 is 0. The number of amides is 3. The molecule has 1 aromatic carbocycles. The summed E-state index contributed by atoms with van der Waals surface area (Å²) in [5.74, 6) is -0.0238. The average molecular weight is 362 g/mol. The van der Waals surface area contributed by atoms with Gasteiger partial charge in [-0.25, -0.2) is 4.79 Å². The average Bonchev–Trinajstić information content (AvgIpc) is 2.65. The molecule has 0 unspecified atom stereocenters. The van der Waals surface area contributed by atoms with E-state index in [1.54, 1.807) is 9.80 Å². The van der Waals surface area contributed by atoms with Gasteiger partial charge in [0.05, 0.1) is 0 Å². The Labute approximate surface area is 155 Å². The first kappa shape index (κ1) is 20.0. The molecule has 0 atom stereocenters. The molecule has 1 aliphatic heterocycles. The molecule has 2 rings (SSSR count). The molecule has 26 heavy (non-hydrogen) atoms. The van der Waals surface area contributed by atoms with E-state index in [4.69, 9.17) is 4.74 Å². The van der Waals surface area contributed by atoms with Gasteiger partial charge in [-0.3, -0.25) is 4.79 Å². The van der Waals surface area contributed by atoms with Crippen LogP contribution in [-0.4, -0.2) is 81.3 Å². The normalized spacial score (nSPS) is 14.3. The summed E-state index contributed by atoms with van der Waals surface area (Å²) in [6.07, 6.45) is 0. The predicted molar refractivity (Wildman–Crippen MR) is 102 cm³/mol. The quantitative estimate of drug-likeness (QED) is 0.795. The van der Waals surface area contributed by atoms with E-state index in [9.17, 15) is 9.59 Å². The number of benzene rings is 1. The fourth-order valence-corrected chi connectivity index (χ4v) is 3.08. The molecule has 1 fully saturated rings. The Morgan fingerprint density at radius 3 is 2.50 bits per heavy atom. The number of aryl methyl sites for hydroxylation is 1. The van der Waals surface area contributed by atoms with E-state index < -0.39 is 0 Å². The Kier molecular flexibility index (Phi) is 7.72. The Morgan fingerprint density at radius 1 is 1.19 bits per heavy atom. The van der Waals surface area contributed by atoms with Gasteiger partial charge in [0.2, 0.25) is 5.91 Å². The monoisotopic (exact) mass is 362 g/mol. The highest BCUT2D eigenvalue weighted by molar-refractivity contribution is 5.78. The molecule has 1 aromatic rings. The minimum absolute atomic E-state index is 0.0238. The van der Waals surface area contributed by atoms with Gasteiger partial charge in [-0.05, 0) is 31.5 Å². The first-order valence-corrected chi connectivity index (χ1v) is 9.16. The fraction of sp³-hybridized carbons (Fsp3) is 0.579. The van der Waals surface area contributed by atoms with Crippen LogP contribution >= 0.6 is 0 Å². The van der Waals surface area contributed by atoms with Crippen molar-refractivity contribution in [3.05, 3.63) is 29.8 Å². The molecule has 7 nitrogen and oxygen atoms in total. The summed E-state index contributed by atoms with van der Waals surface area (Å²) < 4.78 is 4.87. The largest absolute Gasteiger partial charge is 0.375 e. The van der Waals surface area contributed by atoms with Crippen LogP contribution in [0.15, 0.2) is 24.3 Å². The second kappa shape index (κ2) is 10.0. The standard InChI is InChI=1S/C19H30N4O3/c1-4-21(17-7-5-6-16(2)14-17)9-8-20-19(25)23-12-10-22(11-13-23)18(24)15-26-3/h5-7,14H,4,8-13,15H2,1-3H3,(H,20,25). The number of anilines is 1. The first-order chi connectivity index (χ1) is 12.5. The number of carbonyl (C=O) groups excluding carboxylic acids is 2. The maximum absolute atomic E-state index is 12.3. The van der Waals surface area contributed by atoms with Crippen LogP contribution in [-0.2, 0) is 9.53 Å². The van der Waals surface area contributed by atoms with Gasteiger partial charge in [-0.2, -0.15) is 0 Å². The van der Waals surface area contributed by atoms with E-state index >= 15 is 0 Å². The fourth-order valence-electron chi connectivity index (χ4n) is 3.08. The zero-order valence-corrected chi connectivity index (χ0v) is 16.0. The molecule has 7 heteroatoms. The number of ether oxygens (including phenoxy) is 1. The molecule has 0 aromatic heterocycles. The molecule has 1 heterocycles. The zero-order valence-electron chi connectivity index (χ0n) is 16.0. The molecule has 1 aliphatic rings. The zero-order chi connectivity index (χ0) is 18.9. The second-order valence-electron chi connectivity index (χ2n) is 6.45. The van der Waals surface area contributed by atoms with Gasteiger partial charge in [0, 0.05) is 58.6 Å². The van der Waals surface area contributed by atoms with Crippen LogP contribution in [0.25, 0.3) is 0 Å². The molecular weight excluding hydrogens is 332 g/mol. The van der Waals surface area contributed by atoms with Crippen molar-refractivity contribution in [2.45, 2.75) is 13.8 Å². The number of carbonyl (C=O) groups is 2. The lowest BCUT2D eigenvalue weighted by molar-refractivity contribution is -0.136. The second-order valence-corrected chi connectivity index (χ2v) is 6.45. The number of hydrogen-bond donors (Lipinski definition) is 1. The van der Waals surface area contributed by atoms with Crippen LogP contribution in [0.5, 0.6) is 0 Å². The molecule has 1 N–H and O–H groups in total. The molecular formula is C19H30N4O3. The van der Waals surface area contributed by atoms with Crippen LogP contribution in [0, 0.1) is 6.92 Å². The van der Waals surface area contributed by atoms with Crippen LogP contribution in [0.3, 0.4) is 0 Å². The molecule has 3 amide bonds. The van der Waals surface area contributed by atoms with Crippen molar-refractivity contribution in [1.29, 1.82) is 0 Å². The third-order valence-corrected chi connectivity index (χ3v) is 4.59. The lowest BCUT2D eigenvalue weighted by Crippen LogP contribution is -2.54. The summed E-state index contributed by atoms with van der Waals surface area (Å²) in [6.45, 7) is 8.74. The maximum Gasteiger partial charge on any atom is 0.317 e. The van der Waals surface area contributed by atoms with Crippen LogP contribution in [0.1, 0.15) is 12.5 Å². The van der Waals surface area contributed by atoms with Crippen molar-refractivity contribution in [3.8, 4) is 0 Å². The van der Waals surface area contributed by atoms with E-state index in [0.29, 0.717) is 32.7 Å². The Bertz CT molecular complexity index is 600. The highest BCUT2D eigenvalue weighted by Crippen LogP contribution is 2.15. The lowest BCUT2D eigenvalue weighted by Gasteiger charge is -2.34. The molecule has 0 spiro atoms. The predicted octanol–water partition coefficient (Wildman–Crippen LogP) is 1.32. The van der Waals surface area contributed by atoms with Crippen molar-refractivity contribution in [1.82, 2.24) is 15.1 Å². The third kappa shape index (κ3) is 5.62. The smallest absolute Gasteiger partial charge is 0.317 e. The molecule has 144 valence electrons. The summed E-state index contributed by atoms with van der Waals surface area (Å²) in [7, 11) is 1.51. The Balaban J connectivity index is 1.74. The van der Waals surface area contributed by atoms with E-state index in [-0.39, 0.29) is 18.5 Å². The number of likely N-dealkylation sites (N-methyl/N-ethyl adjacent to an activating group) is 1. The van der Waals surface area contributed by atoms with Gasteiger partial charge >= 0.3 is 6.03 Å². The van der Waals surface area contributed by atoms with E-state index in [2.05, 4.69) is 48.3 Å². The number of rotatable bonds is 7. The highest BCUT2D eigenvalue weighted by atomic mass is 16.5. The van der Waals surface area contributed by atoms with E-state index in [0.717, 1.165) is 13.1 Å². The minimum Gasteiger partial charge on any atom is -0.375 e. The van der Waals surface area contributed by atoms with Crippen molar-refractivity contribution in [2.75, 3.05) is 64.4 Å². The summed E-state index contributed by atoms with van der Waals surface area (Å²) in [5.41, 5.74) is 2.40. The molecule has 0 aliphatic carbocycles. The summed E-state index contributed by atoms with van der Waals surface area (Å²) in [6, 6.07) is 8.31. The Morgan fingerprint density at radius 2 is 1.88 bits per heavy atom. The topological polar surface area (TPSA) is 65.1 Å². The number of hydrogen-bond acceptors (Lipinski definition) is 4. The van der Waals surface area contributed by atoms with Crippen molar-refractivity contribution >= 4 is 17.6 Å². The van der Waals surface area contributed by atoms with Crippen LogP contribution < -0.4 is 10.2 Å². The van der Waals surface area contributed by atoms with Gasteiger partial charge < -0.3 is 24.8 Å². The molecule has 1 saturated heterocycles. The number of nitrogens with one attached hydrogen (secondary N) is 1. The third-order valence-electron chi connectivity index (χ3n) is 4.59. The number of nitrogens with zero attached hydrogens (tertiary/aromatic N) is 3. The van der Waals surface area contributed by atoms with Crippen molar-refractivity contribution < 1.29 is 14.3 Å². The lowest BCUT2D eigenvalue weighted by atomic mass is 10.2. The molecule has 0 radical (unpaired) electrons. The molecule has 0 bridgehead atoms. The SMILES string of the molecule is CCN(CCNC(=O)N1CCN(C(=O)COC)CC1)c1cccc(C)c1. The van der Waals surface area contributed by atoms with Crippen LogP contribution in [0.4, 0.5) is 10.5 Å². The van der Waals surface area contributed by atoms with Gasteiger partial charge in [0.1, 0.15) is 6.61 Å². The van der Waals surface area contributed by atoms with E-state index in [1.807, 2.05) is 0 Å². The number of methoxy groups -OCH3 is 1. The van der Waals surface area contributed by atoms with Crippen LogP contribution in [0.2, 0.25) is 0 Å². The van der Waals surface area contributed by atoms with Crippen molar-refractivity contribution in [2.24, 2.45) is 0 Å². The summed E-state index contributed by atoms with van der Waals surface area (Å²) in [4.78, 5) is 29.9. The maximum atomic E-state index is 12.3. The highest BCUT2D eigenvalue weighted by Gasteiger charge is 2.23. The first-order valence-electron chi connectivity index (χ1n) is 9.16. The van der Waals surface area contributed by atoms with E-state index in [1.165, 1.54) is 18.4 Å². The Hall–Kier alpha value is -2.28. The summed E-state index contributed by atoms with van der Waals surface area (Å²) in [5, 5.41) is 2.99. The van der Waals surface area contributed by atoms with Gasteiger partial charge in [-0.15, -0.1) is 0 Å². The van der Waals surface area contributed by atoms with Gasteiger partial charge in [0.25, 0.3) is 0 Å². The number of piperazine rings is 1. The number of urea groups is 1. The van der Waals surface area contributed by atoms with Crippen molar-refractivity contribution in [3.63, 3.8) is 0 Å². The van der Waals surface area contributed by atoms with Gasteiger partial charge in [0.15, 0.2) is 0 Å².